The topological polar surface area (TPSA) is 51.6 Å². The van der Waals surface area contributed by atoms with E-state index in [0.29, 0.717) is 20.5 Å². The lowest BCUT2D eigenvalue weighted by Gasteiger charge is -1.90. The molecule has 0 aliphatic rings. The van der Waals surface area contributed by atoms with Gasteiger partial charge in [-0.25, -0.2) is 9.97 Å². The van der Waals surface area contributed by atoms with E-state index in [9.17, 15) is 0 Å². The molecule has 0 aliphatic carbocycles. The van der Waals surface area contributed by atoms with E-state index in [2.05, 4.69) is 50.6 Å². The summed E-state index contributed by atoms with van der Waals surface area (Å²) in [6.07, 6.45) is 0. The molecule has 2 heterocycles. The molecule has 0 N–H and O–H groups in total. The molecule has 2 aromatic rings. The molecular weight excluding hydrogens is 296 g/mol. The van der Waals surface area contributed by atoms with Crippen molar-refractivity contribution in [2.45, 2.75) is 0 Å². The second-order valence-electron chi connectivity index (χ2n) is 1.72. The van der Waals surface area contributed by atoms with Crippen LogP contribution < -0.4 is 0 Å². The van der Waals surface area contributed by atoms with Crippen LogP contribution in [0, 0.1) is 0 Å². The molecule has 0 unspecified atom stereocenters. The zero-order valence-corrected chi connectivity index (χ0v) is 8.94. The Hall–Kier alpha value is -0.140. The maximum absolute atomic E-state index is 4.08. The molecule has 0 radical (unpaired) electrons. The van der Waals surface area contributed by atoms with Crippen molar-refractivity contribution in [1.82, 2.24) is 18.7 Å². The van der Waals surface area contributed by atoms with Crippen LogP contribution in [0.4, 0.5) is 0 Å². The van der Waals surface area contributed by atoms with Crippen molar-refractivity contribution in [2.24, 2.45) is 0 Å². The first kappa shape index (κ1) is 7.51. The van der Waals surface area contributed by atoms with Gasteiger partial charge in [0.2, 0.25) is 11.3 Å². The second-order valence-corrected chi connectivity index (χ2v) is 3.75. The third-order valence-electron chi connectivity index (χ3n) is 1.03. The number of rotatable bonds is 0. The number of hydrogen-bond donors (Lipinski definition) is 0. The van der Waals surface area contributed by atoms with Crippen LogP contribution in [0.2, 0.25) is 0 Å². The van der Waals surface area contributed by atoms with E-state index in [1.54, 1.807) is 0 Å². The zero-order chi connectivity index (χ0) is 7.84. The molecule has 0 amide bonds. The van der Waals surface area contributed by atoms with Gasteiger partial charge in [0.25, 0.3) is 0 Å². The van der Waals surface area contributed by atoms with Crippen LogP contribution in [0.3, 0.4) is 0 Å². The van der Waals surface area contributed by atoms with Crippen molar-refractivity contribution in [3.05, 3.63) is 9.21 Å². The average molecular weight is 296 g/mol. The summed E-state index contributed by atoms with van der Waals surface area (Å²) in [6, 6.07) is 0. The molecule has 0 bridgehead atoms. The van der Waals surface area contributed by atoms with Gasteiger partial charge in [-0.2, -0.15) is 8.75 Å². The molecule has 0 fully saturated rings. The quantitative estimate of drug-likeness (QED) is 0.746. The minimum atomic E-state index is 0.574. The van der Waals surface area contributed by atoms with Crippen LogP contribution in [0.15, 0.2) is 9.21 Å². The summed E-state index contributed by atoms with van der Waals surface area (Å²) >= 11 is 7.54. The van der Waals surface area contributed by atoms with Gasteiger partial charge in [0.1, 0.15) is 9.21 Å². The molecular formula is C4Br2N4S. The zero-order valence-electron chi connectivity index (χ0n) is 4.95. The van der Waals surface area contributed by atoms with Crippen LogP contribution in [0.25, 0.3) is 11.3 Å². The SMILES string of the molecule is Brc1nc2nsnc2nc1Br. The molecule has 7 heteroatoms. The standard InChI is InChI=1S/C4Br2N4S/c5-1-2(6)8-4-3(7-1)9-11-10-4. The first-order chi connectivity index (χ1) is 5.27. The van der Waals surface area contributed by atoms with E-state index < -0.39 is 0 Å². The summed E-state index contributed by atoms with van der Waals surface area (Å²) in [5, 5.41) is 0. The van der Waals surface area contributed by atoms with E-state index >= 15 is 0 Å². The molecule has 4 nitrogen and oxygen atoms in total. The number of hydrogen-bond acceptors (Lipinski definition) is 5. The van der Waals surface area contributed by atoms with Gasteiger partial charge in [0.15, 0.2) is 0 Å². The molecule has 11 heavy (non-hydrogen) atoms. The Bertz CT molecular complexity index is 364. The van der Waals surface area contributed by atoms with Gasteiger partial charge in [-0.15, -0.1) is 0 Å². The highest BCUT2D eigenvalue weighted by atomic mass is 79.9. The van der Waals surface area contributed by atoms with Gasteiger partial charge >= 0.3 is 0 Å². The number of halogens is 2. The fourth-order valence-corrected chi connectivity index (χ4v) is 1.55. The Morgan fingerprint density at radius 2 is 1.36 bits per heavy atom. The highest BCUT2D eigenvalue weighted by Crippen LogP contribution is 2.20. The van der Waals surface area contributed by atoms with Gasteiger partial charge in [0, 0.05) is 0 Å². The fraction of sp³-hybridized carbons (Fsp3) is 0. The summed E-state index contributed by atoms with van der Waals surface area (Å²) in [6.45, 7) is 0. The number of aromatic nitrogens is 4. The average Bonchev–Trinajstić information content (AvgIpc) is 2.36. The lowest BCUT2D eigenvalue weighted by molar-refractivity contribution is 1.18. The lowest BCUT2D eigenvalue weighted by Crippen LogP contribution is -1.85. The molecule has 0 aliphatic heterocycles. The first-order valence-electron chi connectivity index (χ1n) is 2.58. The summed E-state index contributed by atoms with van der Waals surface area (Å²) in [4.78, 5) is 8.16. The Morgan fingerprint density at radius 3 is 1.82 bits per heavy atom. The predicted molar refractivity (Wildman–Crippen MR) is 48.4 cm³/mol. The monoisotopic (exact) mass is 294 g/mol. The minimum Gasteiger partial charge on any atom is -0.214 e. The smallest absolute Gasteiger partial charge is 0.213 e. The Labute approximate surface area is 82.6 Å². The maximum Gasteiger partial charge on any atom is 0.213 e. The van der Waals surface area contributed by atoms with Crippen LogP contribution in [0.1, 0.15) is 0 Å². The Balaban J connectivity index is 2.86. The normalized spacial score (nSPS) is 10.7. The largest absolute Gasteiger partial charge is 0.214 e. The molecule has 2 rings (SSSR count). The number of fused-ring (bicyclic) bond motifs is 1. The van der Waals surface area contributed by atoms with Crippen LogP contribution in [-0.4, -0.2) is 18.7 Å². The second kappa shape index (κ2) is 2.72. The molecule has 0 atom stereocenters. The number of nitrogens with zero attached hydrogens (tertiary/aromatic N) is 4. The van der Waals surface area contributed by atoms with E-state index in [4.69, 9.17) is 0 Å². The van der Waals surface area contributed by atoms with Crippen molar-refractivity contribution in [2.75, 3.05) is 0 Å². The van der Waals surface area contributed by atoms with Gasteiger partial charge < -0.3 is 0 Å². The van der Waals surface area contributed by atoms with Gasteiger partial charge in [-0.1, -0.05) is 0 Å². The van der Waals surface area contributed by atoms with Crippen molar-refractivity contribution < 1.29 is 0 Å². The minimum absolute atomic E-state index is 0.574. The van der Waals surface area contributed by atoms with Crippen molar-refractivity contribution in [3.8, 4) is 0 Å². The Kier molecular flexibility index (Phi) is 1.86. The van der Waals surface area contributed by atoms with Gasteiger partial charge in [-0.3, -0.25) is 0 Å². The maximum atomic E-state index is 4.08. The van der Waals surface area contributed by atoms with E-state index in [0.717, 1.165) is 11.7 Å². The fourth-order valence-electron chi connectivity index (χ4n) is 0.598. The Morgan fingerprint density at radius 1 is 0.909 bits per heavy atom. The molecule has 0 saturated heterocycles. The van der Waals surface area contributed by atoms with Crippen molar-refractivity contribution in [3.63, 3.8) is 0 Å². The lowest BCUT2D eigenvalue weighted by atomic mass is 10.7. The predicted octanol–water partition coefficient (Wildman–Crippen LogP) is 2.01. The molecule has 2 aromatic heterocycles. The highest BCUT2D eigenvalue weighted by Gasteiger charge is 2.05. The van der Waals surface area contributed by atoms with E-state index in [1.807, 2.05) is 0 Å². The van der Waals surface area contributed by atoms with Crippen LogP contribution in [0.5, 0.6) is 0 Å². The van der Waals surface area contributed by atoms with E-state index in [1.165, 1.54) is 0 Å². The summed E-state index contributed by atoms with van der Waals surface area (Å²) in [7, 11) is 0. The van der Waals surface area contributed by atoms with Gasteiger partial charge in [0.05, 0.1) is 11.7 Å². The summed E-state index contributed by atoms with van der Waals surface area (Å²) < 4.78 is 9.15. The van der Waals surface area contributed by atoms with Gasteiger partial charge in [-0.05, 0) is 31.9 Å². The third kappa shape index (κ3) is 1.27. The molecule has 0 aromatic carbocycles. The van der Waals surface area contributed by atoms with Crippen LogP contribution >= 0.6 is 43.6 Å². The third-order valence-corrected chi connectivity index (χ3v) is 3.18. The van der Waals surface area contributed by atoms with Crippen molar-refractivity contribution >= 4 is 54.9 Å². The van der Waals surface area contributed by atoms with E-state index in [-0.39, 0.29) is 0 Å². The van der Waals surface area contributed by atoms with Crippen LogP contribution in [-0.2, 0) is 0 Å². The first-order valence-corrected chi connectivity index (χ1v) is 4.90. The molecule has 56 valence electrons. The highest BCUT2D eigenvalue weighted by molar-refractivity contribution is 9.13. The summed E-state index contributed by atoms with van der Waals surface area (Å²) in [5.74, 6) is 0. The van der Waals surface area contributed by atoms with Crippen molar-refractivity contribution in [1.29, 1.82) is 0 Å². The summed E-state index contributed by atoms with van der Waals surface area (Å²) in [5.41, 5.74) is 1.15. The molecule has 0 saturated carbocycles. The molecule has 0 spiro atoms.